The molecule has 8 nitrogen and oxygen atoms in total. The van der Waals surface area contributed by atoms with E-state index in [0.717, 1.165) is 11.3 Å². The number of benzene rings is 3. The SMILES string of the molecule is COc1ccc(C(=O)N2CCN(c3ccc([N+](=O)[O-])c(NC(C)c4ccccc4)c3)CC2)cc1. The molecular formula is C26H28N4O4. The molecule has 4 rings (SSSR count). The molecule has 0 radical (unpaired) electrons. The molecule has 1 fully saturated rings. The summed E-state index contributed by atoms with van der Waals surface area (Å²) in [4.78, 5) is 28.1. The third-order valence-electron chi connectivity index (χ3n) is 6.12. The first-order chi connectivity index (χ1) is 16.5. The predicted octanol–water partition coefficient (Wildman–Crippen LogP) is 4.74. The zero-order valence-electron chi connectivity index (χ0n) is 19.3. The number of rotatable bonds is 7. The van der Waals surface area contributed by atoms with Gasteiger partial charge >= 0.3 is 0 Å². The average Bonchev–Trinajstić information content (AvgIpc) is 2.88. The van der Waals surface area contributed by atoms with E-state index >= 15 is 0 Å². The number of nitrogens with zero attached hydrogens (tertiary/aromatic N) is 3. The number of carbonyl (C=O) groups is 1. The van der Waals surface area contributed by atoms with Gasteiger partial charge < -0.3 is 19.9 Å². The van der Waals surface area contributed by atoms with Crippen LogP contribution < -0.4 is 15.0 Å². The molecule has 0 aromatic heterocycles. The summed E-state index contributed by atoms with van der Waals surface area (Å²) in [6.07, 6.45) is 0. The Hall–Kier alpha value is -4.07. The van der Waals surface area contributed by atoms with Crippen molar-refractivity contribution in [3.63, 3.8) is 0 Å². The third-order valence-corrected chi connectivity index (χ3v) is 6.12. The zero-order valence-corrected chi connectivity index (χ0v) is 19.3. The van der Waals surface area contributed by atoms with Crippen LogP contribution >= 0.6 is 0 Å². The molecule has 1 amide bonds. The number of carbonyl (C=O) groups excluding carboxylic acids is 1. The highest BCUT2D eigenvalue weighted by molar-refractivity contribution is 5.94. The number of amides is 1. The molecule has 8 heteroatoms. The van der Waals surface area contributed by atoms with Gasteiger partial charge in [0.2, 0.25) is 0 Å². The van der Waals surface area contributed by atoms with Gasteiger partial charge in [-0.3, -0.25) is 14.9 Å². The van der Waals surface area contributed by atoms with Crippen LogP contribution in [0.15, 0.2) is 72.8 Å². The van der Waals surface area contributed by atoms with Crippen LogP contribution in [0.2, 0.25) is 0 Å². The molecular weight excluding hydrogens is 432 g/mol. The molecule has 0 spiro atoms. The number of methoxy groups -OCH3 is 1. The van der Waals surface area contributed by atoms with Gasteiger partial charge in [0.1, 0.15) is 11.4 Å². The van der Waals surface area contributed by atoms with Crippen LogP contribution in [0.25, 0.3) is 0 Å². The van der Waals surface area contributed by atoms with Crippen molar-refractivity contribution in [1.82, 2.24) is 4.90 Å². The van der Waals surface area contributed by atoms with Crippen LogP contribution in [0.4, 0.5) is 17.1 Å². The van der Waals surface area contributed by atoms with E-state index in [-0.39, 0.29) is 22.6 Å². The maximum Gasteiger partial charge on any atom is 0.292 e. The monoisotopic (exact) mass is 460 g/mol. The van der Waals surface area contributed by atoms with Crippen molar-refractivity contribution in [2.45, 2.75) is 13.0 Å². The van der Waals surface area contributed by atoms with Gasteiger partial charge in [0.25, 0.3) is 11.6 Å². The third kappa shape index (κ3) is 5.11. The Bertz CT molecular complexity index is 1140. The normalized spacial score (nSPS) is 14.4. The van der Waals surface area contributed by atoms with Crippen LogP contribution in [-0.2, 0) is 0 Å². The van der Waals surface area contributed by atoms with Crippen molar-refractivity contribution in [3.05, 3.63) is 94.0 Å². The zero-order chi connectivity index (χ0) is 24.1. The summed E-state index contributed by atoms with van der Waals surface area (Å²) in [7, 11) is 1.59. The summed E-state index contributed by atoms with van der Waals surface area (Å²) < 4.78 is 5.16. The maximum absolute atomic E-state index is 12.9. The van der Waals surface area contributed by atoms with Crippen molar-refractivity contribution >= 4 is 23.0 Å². The van der Waals surface area contributed by atoms with E-state index in [1.165, 1.54) is 0 Å². The lowest BCUT2D eigenvalue weighted by atomic mass is 10.1. The van der Waals surface area contributed by atoms with Crippen LogP contribution in [-0.4, -0.2) is 49.0 Å². The summed E-state index contributed by atoms with van der Waals surface area (Å²) in [5, 5.41) is 14.9. The number of ether oxygens (including phenoxy) is 1. The van der Waals surface area contributed by atoms with Crippen molar-refractivity contribution < 1.29 is 14.5 Å². The topological polar surface area (TPSA) is 88.0 Å². The van der Waals surface area contributed by atoms with E-state index < -0.39 is 0 Å². The Kier molecular flexibility index (Phi) is 6.96. The van der Waals surface area contributed by atoms with Gasteiger partial charge in [-0.2, -0.15) is 0 Å². The van der Waals surface area contributed by atoms with Gasteiger partial charge in [0.15, 0.2) is 0 Å². The van der Waals surface area contributed by atoms with E-state index in [4.69, 9.17) is 4.74 Å². The lowest BCUT2D eigenvalue weighted by Gasteiger charge is -2.36. The maximum atomic E-state index is 12.9. The van der Waals surface area contributed by atoms with E-state index in [2.05, 4.69) is 10.2 Å². The van der Waals surface area contributed by atoms with Crippen LogP contribution in [0.3, 0.4) is 0 Å². The fourth-order valence-electron chi connectivity index (χ4n) is 4.14. The number of hydrogen-bond acceptors (Lipinski definition) is 6. The highest BCUT2D eigenvalue weighted by Crippen LogP contribution is 2.33. The molecule has 3 aromatic carbocycles. The summed E-state index contributed by atoms with van der Waals surface area (Å²) in [6.45, 7) is 4.42. The molecule has 1 unspecified atom stereocenters. The van der Waals surface area contributed by atoms with Crippen molar-refractivity contribution in [2.75, 3.05) is 43.5 Å². The van der Waals surface area contributed by atoms with Gasteiger partial charge in [-0.15, -0.1) is 0 Å². The summed E-state index contributed by atoms with van der Waals surface area (Å²) in [5.74, 6) is 0.704. The lowest BCUT2D eigenvalue weighted by Crippen LogP contribution is -2.48. The minimum Gasteiger partial charge on any atom is -0.497 e. The standard InChI is InChI=1S/C26H28N4O4/c1-19(20-6-4-3-5-7-20)27-24-18-22(10-13-25(24)30(32)33)28-14-16-29(17-15-28)26(31)21-8-11-23(34-2)12-9-21/h3-13,18-19,27H,14-17H2,1-2H3. The Balaban J connectivity index is 1.45. The quantitative estimate of drug-likeness (QED) is 0.405. The fraction of sp³-hybridized carbons (Fsp3) is 0.269. The Morgan fingerprint density at radius 3 is 2.29 bits per heavy atom. The molecule has 1 N–H and O–H groups in total. The van der Waals surface area contributed by atoms with Gasteiger partial charge in [-0.05, 0) is 48.9 Å². The van der Waals surface area contributed by atoms with Crippen molar-refractivity contribution in [3.8, 4) is 5.75 Å². The lowest BCUT2D eigenvalue weighted by molar-refractivity contribution is -0.384. The van der Waals surface area contributed by atoms with Crippen LogP contribution in [0.5, 0.6) is 5.75 Å². The number of piperazine rings is 1. The minimum absolute atomic E-state index is 0.00922. The molecule has 34 heavy (non-hydrogen) atoms. The van der Waals surface area contributed by atoms with Gasteiger partial charge in [-0.1, -0.05) is 30.3 Å². The van der Waals surface area contributed by atoms with Crippen LogP contribution in [0.1, 0.15) is 28.9 Å². The molecule has 1 atom stereocenters. The average molecular weight is 461 g/mol. The highest BCUT2D eigenvalue weighted by Gasteiger charge is 2.24. The van der Waals surface area contributed by atoms with E-state index in [1.54, 1.807) is 43.5 Å². The summed E-state index contributed by atoms with van der Waals surface area (Å²) in [5.41, 5.74) is 3.10. The Morgan fingerprint density at radius 1 is 1.00 bits per heavy atom. The van der Waals surface area contributed by atoms with E-state index in [9.17, 15) is 14.9 Å². The second kappa shape index (κ2) is 10.2. The second-order valence-corrected chi connectivity index (χ2v) is 8.24. The van der Waals surface area contributed by atoms with Gasteiger partial charge in [-0.25, -0.2) is 0 Å². The Labute approximate surface area is 198 Å². The number of anilines is 2. The van der Waals surface area contributed by atoms with Crippen molar-refractivity contribution in [2.24, 2.45) is 0 Å². The highest BCUT2D eigenvalue weighted by atomic mass is 16.6. The fourth-order valence-corrected chi connectivity index (χ4v) is 4.14. The summed E-state index contributed by atoms with van der Waals surface area (Å²) in [6, 6.07) is 22.0. The van der Waals surface area contributed by atoms with E-state index in [0.29, 0.717) is 43.2 Å². The van der Waals surface area contributed by atoms with Crippen LogP contribution in [0, 0.1) is 10.1 Å². The molecule has 1 heterocycles. The minimum atomic E-state index is -0.366. The number of hydrogen-bond donors (Lipinski definition) is 1. The second-order valence-electron chi connectivity index (χ2n) is 8.24. The molecule has 1 saturated heterocycles. The first-order valence-electron chi connectivity index (χ1n) is 11.2. The smallest absolute Gasteiger partial charge is 0.292 e. The molecule has 176 valence electrons. The molecule has 1 aliphatic rings. The first kappa shape index (κ1) is 23.1. The van der Waals surface area contributed by atoms with Gasteiger partial charge in [0.05, 0.1) is 12.0 Å². The number of nitrogens with one attached hydrogen (secondary N) is 1. The first-order valence-corrected chi connectivity index (χ1v) is 11.2. The van der Waals surface area contributed by atoms with Gasteiger partial charge in [0, 0.05) is 49.5 Å². The number of nitro groups is 1. The van der Waals surface area contributed by atoms with E-state index in [1.807, 2.05) is 48.2 Å². The number of nitro benzene ring substituents is 1. The predicted molar refractivity (Wildman–Crippen MR) is 133 cm³/mol. The largest absolute Gasteiger partial charge is 0.497 e. The van der Waals surface area contributed by atoms with Crippen molar-refractivity contribution in [1.29, 1.82) is 0 Å². The molecule has 3 aromatic rings. The molecule has 1 aliphatic heterocycles. The molecule has 0 saturated carbocycles. The Morgan fingerprint density at radius 2 is 1.68 bits per heavy atom. The molecule has 0 bridgehead atoms. The summed E-state index contributed by atoms with van der Waals surface area (Å²) >= 11 is 0. The molecule has 0 aliphatic carbocycles.